The number of amides is 3. The number of nitrogens with one attached hydrogen (secondary N) is 3. The zero-order chi connectivity index (χ0) is 35.9. The number of fused-ring (bicyclic) bond motifs is 1. The summed E-state index contributed by atoms with van der Waals surface area (Å²) in [6.07, 6.45) is 11.9. The van der Waals surface area contributed by atoms with Gasteiger partial charge in [0.15, 0.2) is 0 Å². The van der Waals surface area contributed by atoms with Crippen LogP contribution < -0.4 is 5.32 Å². The Morgan fingerprint density at radius 1 is 0.824 bits per heavy atom. The SMILES string of the molecule is COC(=O)NC(C(=O)N1CCCC1(C)c1ncc(-c2ccc(-c3ccc(-c4cnc(C5(C)CCCN5C=O)[nH]4)cc3)c3c2CCCC3)[nH]1)C(C)C. The summed E-state index contributed by atoms with van der Waals surface area (Å²) in [6.45, 7) is 9.35. The number of ether oxygens (including phenoxy) is 1. The highest BCUT2D eigenvalue weighted by atomic mass is 16.5. The third kappa shape index (κ3) is 6.10. The summed E-state index contributed by atoms with van der Waals surface area (Å²) in [5.74, 6) is 1.36. The molecule has 2 saturated heterocycles. The molecule has 11 nitrogen and oxygen atoms in total. The average molecular weight is 692 g/mol. The number of H-pyrrole nitrogens is 2. The molecule has 11 heteroatoms. The summed E-state index contributed by atoms with van der Waals surface area (Å²) < 4.78 is 4.81. The number of imidazole rings is 2. The van der Waals surface area contributed by atoms with Gasteiger partial charge in [-0.2, -0.15) is 0 Å². The van der Waals surface area contributed by atoms with Gasteiger partial charge >= 0.3 is 6.09 Å². The van der Waals surface area contributed by atoms with Crippen LogP contribution in [0, 0.1) is 5.92 Å². The fraction of sp³-hybridized carbons (Fsp3) is 0.475. The summed E-state index contributed by atoms with van der Waals surface area (Å²) in [5.41, 5.74) is 8.25. The van der Waals surface area contributed by atoms with Crippen LogP contribution in [0.4, 0.5) is 4.79 Å². The molecule has 1 aliphatic carbocycles. The smallest absolute Gasteiger partial charge is 0.407 e. The van der Waals surface area contributed by atoms with Gasteiger partial charge in [-0.1, -0.05) is 50.2 Å². The van der Waals surface area contributed by atoms with Gasteiger partial charge in [-0.15, -0.1) is 0 Å². The first-order valence-electron chi connectivity index (χ1n) is 18.3. The number of rotatable bonds is 9. The highest BCUT2D eigenvalue weighted by molar-refractivity contribution is 5.87. The number of aromatic amines is 2. The van der Waals surface area contributed by atoms with E-state index in [2.05, 4.69) is 70.5 Å². The second-order valence-electron chi connectivity index (χ2n) is 15.1. The Morgan fingerprint density at radius 2 is 1.41 bits per heavy atom. The number of methoxy groups -OCH3 is 1. The molecule has 0 bridgehead atoms. The second-order valence-corrected chi connectivity index (χ2v) is 15.1. The number of carbonyl (C=O) groups excluding carboxylic acids is 3. The molecule has 7 rings (SSSR count). The molecule has 2 aliphatic heterocycles. The van der Waals surface area contributed by atoms with Crippen LogP contribution in [0.1, 0.15) is 89.0 Å². The molecular weight excluding hydrogens is 642 g/mol. The van der Waals surface area contributed by atoms with Crippen LogP contribution in [0.5, 0.6) is 0 Å². The van der Waals surface area contributed by atoms with Crippen molar-refractivity contribution in [2.75, 3.05) is 20.2 Å². The second kappa shape index (κ2) is 13.7. The zero-order valence-electron chi connectivity index (χ0n) is 30.3. The van der Waals surface area contributed by atoms with Gasteiger partial charge in [0, 0.05) is 18.7 Å². The van der Waals surface area contributed by atoms with E-state index >= 15 is 0 Å². The molecule has 3 aliphatic rings. The van der Waals surface area contributed by atoms with Gasteiger partial charge in [-0.3, -0.25) is 9.59 Å². The number of likely N-dealkylation sites (tertiary alicyclic amines) is 2. The highest BCUT2D eigenvalue weighted by Gasteiger charge is 2.46. The predicted octanol–water partition coefficient (Wildman–Crippen LogP) is 6.70. The van der Waals surface area contributed by atoms with Gasteiger partial charge in [0.2, 0.25) is 12.3 Å². The average Bonchev–Trinajstić information content (AvgIpc) is 3.97. The van der Waals surface area contributed by atoms with Crippen LogP contribution in [0.25, 0.3) is 33.6 Å². The van der Waals surface area contributed by atoms with Crippen molar-refractivity contribution >= 4 is 18.4 Å². The molecule has 268 valence electrons. The van der Waals surface area contributed by atoms with Crippen molar-refractivity contribution in [1.29, 1.82) is 0 Å². The molecule has 51 heavy (non-hydrogen) atoms. The maximum atomic E-state index is 13.9. The quantitative estimate of drug-likeness (QED) is 0.167. The number of alkyl carbamates (subject to hydrolysis) is 1. The van der Waals surface area contributed by atoms with Crippen molar-refractivity contribution in [3.63, 3.8) is 0 Å². The monoisotopic (exact) mass is 691 g/mol. The third-order valence-electron chi connectivity index (χ3n) is 11.6. The largest absolute Gasteiger partial charge is 0.453 e. The maximum Gasteiger partial charge on any atom is 0.407 e. The van der Waals surface area contributed by atoms with Crippen LogP contribution in [0.2, 0.25) is 0 Å². The first-order chi connectivity index (χ1) is 24.6. The van der Waals surface area contributed by atoms with Crippen molar-refractivity contribution < 1.29 is 19.1 Å². The van der Waals surface area contributed by atoms with Gasteiger partial charge < -0.3 is 29.8 Å². The zero-order valence-corrected chi connectivity index (χ0v) is 30.3. The lowest BCUT2D eigenvalue weighted by Crippen LogP contribution is -2.55. The minimum atomic E-state index is -0.690. The minimum Gasteiger partial charge on any atom is -0.453 e. The van der Waals surface area contributed by atoms with Crippen molar-refractivity contribution in [3.8, 4) is 33.6 Å². The van der Waals surface area contributed by atoms with E-state index in [4.69, 9.17) is 9.72 Å². The van der Waals surface area contributed by atoms with E-state index in [0.717, 1.165) is 98.5 Å². The Hall–Kier alpha value is -4.93. The Morgan fingerprint density at radius 3 is 2.10 bits per heavy atom. The van der Waals surface area contributed by atoms with Gasteiger partial charge in [0.25, 0.3) is 0 Å². The van der Waals surface area contributed by atoms with Crippen molar-refractivity contribution in [2.45, 2.75) is 96.2 Å². The summed E-state index contributed by atoms with van der Waals surface area (Å²) in [6, 6.07) is 12.4. The van der Waals surface area contributed by atoms with E-state index in [0.29, 0.717) is 6.54 Å². The summed E-state index contributed by atoms with van der Waals surface area (Å²) >= 11 is 0. The molecule has 3 N–H and O–H groups in total. The molecule has 0 radical (unpaired) electrons. The lowest BCUT2D eigenvalue weighted by molar-refractivity contribution is -0.138. The van der Waals surface area contributed by atoms with E-state index < -0.39 is 23.2 Å². The molecule has 0 spiro atoms. The number of benzene rings is 2. The normalized spacial score (nSPS) is 22.2. The molecule has 4 heterocycles. The number of nitrogens with zero attached hydrogens (tertiary/aromatic N) is 4. The number of aromatic nitrogens is 4. The Kier molecular flexibility index (Phi) is 9.24. The number of carbonyl (C=O) groups is 3. The predicted molar refractivity (Wildman–Crippen MR) is 196 cm³/mol. The summed E-state index contributed by atoms with van der Waals surface area (Å²) in [7, 11) is 1.31. The lowest BCUT2D eigenvalue weighted by atomic mass is 9.82. The van der Waals surface area contributed by atoms with Crippen LogP contribution >= 0.6 is 0 Å². The van der Waals surface area contributed by atoms with Crippen molar-refractivity contribution in [3.05, 3.63) is 71.6 Å². The van der Waals surface area contributed by atoms with Gasteiger partial charge in [0.1, 0.15) is 17.7 Å². The van der Waals surface area contributed by atoms with Crippen molar-refractivity contribution in [2.24, 2.45) is 5.92 Å². The standard InChI is InChI=1S/C40H49N7O4/c1-25(2)34(45-38(50)51-5)35(49)47-21-9-19-40(47,4)37-42-23-33(44-37)31-17-16-28(29-10-6-7-11-30(29)31)26-12-14-27(15-13-26)32-22-41-36(43-32)39(3)18-8-20-46(39)24-48/h12-17,22-25,34H,6-11,18-21H2,1-5H3,(H,41,43)(H,42,44)(H,45,50). The number of hydrogen-bond donors (Lipinski definition) is 3. The minimum absolute atomic E-state index is 0.103. The molecule has 3 atom stereocenters. The van der Waals surface area contributed by atoms with Crippen LogP contribution in [-0.2, 0) is 38.2 Å². The Balaban J connectivity index is 1.14. The fourth-order valence-electron chi connectivity index (χ4n) is 8.53. The first-order valence-corrected chi connectivity index (χ1v) is 18.3. The van der Waals surface area contributed by atoms with E-state index in [9.17, 15) is 14.4 Å². The molecule has 3 unspecified atom stereocenters. The molecular formula is C40H49N7O4. The molecule has 2 fully saturated rings. The Bertz CT molecular complexity index is 1930. The number of hydrogen-bond acceptors (Lipinski definition) is 6. The van der Waals surface area contributed by atoms with Crippen molar-refractivity contribution in [1.82, 2.24) is 35.1 Å². The fourth-order valence-corrected chi connectivity index (χ4v) is 8.53. The lowest BCUT2D eigenvalue weighted by Gasteiger charge is -2.37. The van der Waals surface area contributed by atoms with Gasteiger partial charge in [-0.25, -0.2) is 14.8 Å². The third-order valence-corrected chi connectivity index (χ3v) is 11.6. The topological polar surface area (TPSA) is 136 Å². The van der Waals surface area contributed by atoms with E-state index in [-0.39, 0.29) is 11.8 Å². The van der Waals surface area contributed by atoms with E-state index in [1.807, 2.05) is 36.0 Å². The van der Waals surface area contributed by atoms with Crippen LogP contribution in [-0.4, -0.2) is 74.4 Å². The molecule has 0 saturated carbocycles. The summed E-state index contributed by atoms with van der Waals surface area (Å²) in [4.78, 5) is 58.0. The van der Waals surface area contributed by atoms with E-state index in [1.54, 1.807) is 0 Å². The van der Waals surface area contributed by atoms with Crippen LogP contribution in [0.15, 0.2) is 48.8 Å². The van der Waals surface area contributed by atoms with Gasteiger partial charge in [-0.05, 0) is 98.9 Å². The highest BCUT2D eigenvalue weighted by Crippen LogP contribution is 2.42. The Labute approximate surface area is 299 Å². The molecule has 4 aromatic rings. The van der Waals surface area contributed by atoms with Crippen LogP contribution in [0.3, 0.4) is 0 Å². The first kappa shape index (κ1) is 34.5. The molecule has 3 amide bonds. The molecule has 2 aromatic heterocycles. The maximum absolute atomic E-state index is 13.9. The van der Waals surface area contributed by atoms with Gasteiger partial charge in [0.05, 0.1) is 42.0 Å². The molecule has 2 aromatic carbocycles. The summed E-state index contributed by atoms with van der Waals surface area (Å²) in [5, 5.41) is 2.74. The van der Waals surface area contributed by atoms with E-state index in [1.165, 1.54) is 29.4 Å².